The summed E-state index contributed by atoms with van der Waals surface area (Å²) in [6.45, 7) is 1.75. The molecule has 1 saturated heterocycles. The number of likely N-dealkylation sites (tertiary alicyclic amines) is 1. The number of amides is 1. The van der Waals surface area contributed by atoms with Crippen LogP contribution in [0.25, 0.3) is 0 Å². The summed E-state index contributed by atoms with van der Waals surface area (Å²) in [5.41, 5.74) is 3.14. The molecule has 5 nitrogen and oxygen atoms in total. The van der Waals surface area contributed by atoms with Crippen LogP contribution in [0, 0.1) is 0 Å². The Hall–Kier alpha value is -3.64. The van der Waals surface area contributed by atoms with Crippen LogP contribution in [0.1, 0.15) is 29.7 Å². The molecule has 2 aliphatic heterocycles. The molecule has 3 aromatic carbocycles. The molecule has 0 spiro atoms. The Morgan fingerprint density at radius 2 is 1.53 bits per heavy atom. The van der Waals surface area contributed by atoms with Crippen LogP contribution in [-0.2, 0) is 20.7 Å². The zero-order valence-electron chi connectivity index (χ0n) is 18.7. The van der Waals surface area contributed by atoms with E-state index >= 15 is 0 Å². The SMILES string of the molecule is CC=C(C(=O)OC(c1ccccc1)c1ccccc1)N1C(=O)C2N=C(Cc3ccccc3)SC21. The number of rotatable bonds is 7. The molecule has 1 fully saturated rings. The number of benzene rings is 3. The van der Waals surface area contributed by atoms with E-state index in [1.165, 1.54) is 4.90 Å². The largest absolute Gasteiger partial charge is 0.448 e. The lowest BCUT2D eigenvalue weighted by Crippen LogP contribution is -2.61. The predicted molar refractivity (Wildman–Crippen MR) is 134 cm³/mol. The van der Waals surface area contributed by atoms with Gasteiger partial charge in [0.1, 0.15) is 11.1 Å². The number of β-lactam (4-membered cyclic amide) rings is 1. The Morgan fingerprint density at radius 1 is 0.971 bits per heavy atom. The van der Waals surface area contributed by atoms with Crippen LogP contribution in [0.3, 0.4) is 0 Å². The Balaban J connectivity index is 1.32. The van der Waals surface area contributed by atoms with Crippen LogP contribution in [-0.4, -0.2) is 33.2 Å². The van der Waals surface area contributed by atoms with Crippen molar-refractivity contribution in [1.29, 1.82) is 0 Å². The molecule has 0 radical (unpaired) electrons. The van der Waals surface area contributed by atoms with Crippen molar-refractivity contribution < 1.29 is 14.3 Å². The quantitative estimate of drug-likeness (QED) is 0.273. The molecular weight excluding hydrogens is 444 g/mol. The summed E-state index contributed by atoms with van der Waals surface area (Å²) in [5.74, 6) is -0.689. The maximum atomic E-state index is 13.3. The highest BCUT2D eigenvalue weighted by molar-refractivity contribution is 8.14. The molecule has 1 amide bonds. The summed E-state index contributed by atoms with van der Waals surface area (Å²) in [6, 6.07) is 28.9. The van der Waals surface area contributed by atoms with Crippen LogP contribution in [0.4, 0.5) is 0 Å². The van der Waals surface area contributed by atoms with Gasteiger partial charge in [0.25, 0.3) is 5.91 Å². The van der Waals surface area contributed by atoms with E-state index in [-0.39, 0.29) is 17.0 Å². The van der Waals surface area contributed by atoms with Crippen LogP contribution < -0.4 is 0 Å². The molecule has 2 unspecified atom stereocenters. The highest BCUT2D eigenvalue weighted by Gasteiger charge is 2.54. The van der Waals surface area contributed by atoms with Gasteiger partial charge in [-0.3, -0.25) is 14.7 Å². The summed E-state index contributed by atoms with van der Waals surface area (Å²) in [6.07, 6.45) is 1.76. The fraction of sp³-hybridized carbons (Fsp3) is 0.179. The first-order valence-electron chi connectivity index (χ1n) is 11.2. The van der Waals surface area contributed by atoms with Crippen LogP contribution in [0.15, 0.2) is 108 Å². The number of carbonyl (C=O) groups is 2. The lowest BCUT2D eigenvalue weighted by molar-refractivity contribution is -0.152. The van der Waals surface area contributed by atoms with E-state index in [0.717, 1.165) is 21.7 Å². The van der Waals surface area contributed by atoms with Crippen LogP contribution in [0.5, 0.6) is 0 Å². The summed E-state index contributed by atoms with van der Waals surface area (Å²) < 4.78 is 6.00. The number of thioether (sulfide) groups is 1. The Kier molecular flexibility index (Phi) is 6.32. The van der Waals surface area contributed by atoms with Gasteiger partial charge in [0.05, 0.1) is 5.04 Å². The number of aliphatic imine (C=N–C) groups is 1. The van der Waals surface area contributed by atoms with E-state index in [4.69, 9.17) is 4.74 Å². The highest BCUT2D eigenvalue weighted by Crippen LogP contribution is 2.42. The minimum Gasteiger partial charge on any atom is -0.448 e. The maximum absolute atomic E-state index is 13.3. The number of hydrogen-bond acceptors (Lipinski definition) is 5. The second-order valence-corrected chi connectivity index (χ2v) is 9.32. The molecule has 5 rings (SSSR count). The second-order valence-electron chi connectivity index (χ2n) is 8.13. The third-order valence-corrected chi connectivity index (χ3v) is 7.16. The van der Waals surface area contributed by atoms with Crippen molar-refractivity contribution in [2.24, 2.45) is 4.99 Å². The van der Waals surface area contributed by atoms with Gasteiger partial charge in [0, 0.05) is 6.42 Å². The van der Waals surface area contributed by atoms with E-state index in [1.807, 2.05) is 91.0 Å². The average Bonchev–Trinajstić information content (AvgIpc) is 3.25. The normalized spacial score (nSPS) is 19.5. The average molecular weight is 469 g/mol. The van der Waals surface area contributed by atoms with Crippen molar-refractivity contribution >= 4 is 28.7 Å². The minimum atomic E-state index is -0.571. The number of hydrogen-bond donors (Lipinski definition) is 0. The number of carbonyl (C=O) groups excluding carboxylic acids is 2. The summed E-state index contributed by atoms with van der Waals surface area (Å²) >= 11 is 1.55. The van der Waals surface area contributed by atoms with E-state index in [1.54, 1.807) is 24.8 Å². The second kappa shape index (κ2) is 9.69. The molecule has 2 heterocycles. The van der Waals surface area contributed by atoms with Crippen molar-refractivity contribution in [2.75, 3.05) is 0 Å². The monoisotopic (exact) mass is 468 g/mol. The van der Waals surface area contributed by atoms with Gasteiger partial charge < -0.3 is 4.74 Å². The topological polar surface area (TPSA) is 59.0 Å². The number of ether oxygens (including phenoxy) is 1. The zero-order chi connectivity index (χ0) is 23.5. The molecule has 0 N–H and O–H groups in total. The van der Waals surface area contributed by atoms with Gasteiger partial charge in [0.15, 0.2) is 12.1 Å². The van der Waals surface area contributed by atoms with Gasteiger partial charge in [-0.2, -0.15) is 0 Å². The van der Waals surface area contributed by atoms with Gasteiger partial charge in [-0.25, -0.2) is 4.79 Å². The van der Waals surface area contributed by atoms with Crippen molar-refractivity contribution in [2.45, 2.75) is 30.9 Å². The van der Waals surface area contributed by atoms with Gasteiger partial charge in [-0.05, 0) is 23.6 Å². The molecule has 3 aromatic rings. The first-order valence-corrected chi connectivity index (χ1v) is 12.1. The molecule has 34 heavy (non-hydrogen) atoms. The van der Waals surface area contributed by atoms with Crippen LogP contribution >= 0.6 is 11.8 Å². The minimum absolute atomic E-state index is 0.165. The molecule has 0 aliphatic carbocycles. The molecule has 6 heteroatoms. The molecule has 0 bridgehead atoms. The van der Waals surface area contributed by atoms with Gasteiger partial charge in [-0.15, -0.1) is 0 Å². The molecule has 0 saturated carbocycles. The molecule has 2 atom stereocenters. The Bertz CT molecular complexity index is 1200. The van der Waals surface area contributed by atoms with E-state index in [0.29, 0.717) is 6.42 Å². The molecular formula is C28H24N2O3S. The fourth-order valence-corrected chi connectivity index (χ4v) is 5.56. The third kappa shape index (κ3) is 4.29. The first-order chi connectivity index (χ1) is 16.7. The number of allylic oxidation sites excluding steroid dienone is 1. The summed E-state index contributed by atoms with van der Waals surface area (Å²) in [5, 5.41) is 0.698. The van der Waals surface area contributed by atoms with E-state index < -0.39 is 18.1 Å². The first kappa shape index (κ1) is 22.2. The third-order valence-electron chi connectivity index (χ3n) is 5.92. The summed E-state index contributed by atoms with van der Waals surface area (Å²) in [7, 11) is 0. The van der Waals surface area contributed by atoms with Gasteiger partial charge in [-0.1, -0.05) is 109 Å². The number of esters is 1. The van der Waals surface area contributed by atoms with Crippen molar-refractivity contribution in [3.8, 4) is 0 Å². The lowest BCUT2D eigenvalue weighted by atomic mass is 10.0. The van der Waals surface area contributed by atoms with Gasteiger partial charge in [0.2, 0.25) is 0 Å². The smallest absolute Gasteiger partial charge is 0.355 e. The maximum Gasteiger partial charge on any atom is 0.355 e. The molecule has 2 aliphatic rings. The van der Waals surface area contributed by atoms with Crippen molar-refractivity contribution in [3.05, 3.63) is 119 Å². The van der Waals surface area contributed by atoms with Gasteiger partial charge >= 0.3 is 5.97 Å². The zero-order valence-corrected chi connectivity index (χ0v) is 19.5. The lowest BCUT2D eigenvalue weighted by Gasteiger charge is -2.41. The van der Waals surface area contributed by atoms with E-state index in [2.05, 4.69) is 4.99 Å². The Labute approximate surface area is 203 Å². The number of fused-ring (bicyclic) bond motifs is 1. The molecule has 0 aromatic heterocycles. The standard InChI is InChI=1S/C28H24N2O3S/c1-2-22(28(32)33-25(20-14-8-4-9-15-20)21-16-10-5-11-17-21)30-26(31)24-27(30)34-23(29-24)18-19-12-6-3-7-13-19/h2-17,24-25,27H,18H2,1H3. The highest BCUT2D eigenvalue weighted by atomic mass is 32.2. The van der Waals surface area contributed by atoms with Crippen LogP contribution in [0.2, 0.25) is 0 Å². The predicted octanol–water partition coefficient (Wildman–Crippen LogP) is 5.15. The Morgan fingerprint density at radius 3 is 2.09 bits per heavy atom. The van der Waals surface area contributed by atoms with Crippen molar-refractivity contribution in [1.82, 2.24) is 4.90 Å². The fourth-order valence-electron chi connectivity index (χ4n) is 4.23. The number of nitrogens with zero attached hydrogens (tertiary/aromatic N) is 2. The molecule has 170 valence electrons. The van der Waals surface area contributed by atoms with E-state index in [9.17, 15) is 9.59 Å². The summed E-state index contributed by atoms with van der Waals surface area (Å²) in [4.78, 5) is 32.4. The van der Waals surface area contributed by atoms with Crippen molar-refractivity contribution in [3.63, 3.8) is 0 Å².